The Labute approximate surface area is 117 Å². The molecule has 0 radical (unpaired) electrons. The van der Waals surface area contributed by atoms with Crippen molar-refractivity contribution < 1.29 is 14.1 Å². The molecule has 20 heavy (non-hydrogen) atoms. The maximum atomic E-state index is 12.2. The maximum Gasteiger partial charge on any atom is 0.266 e. The Morgan fingerprint density at radius 2 is 2.15 bits per heavy atom. The summed E-state index contributed by atoms with van der Waals surface area (Å²) in [4.78, 5) is 12.2. The first-order chi connectivity index (χ1) is 9.60. The van der Waals surface area contributed by atoms with Gasteiger partial charge in [-0.05, 0) is 31.9 Å². The minimum atomic E-state index is -0.562. The Hall–Kier alpha value is -2.30. The van der Waals surface area contributed by atoms with Crippen LogP contribution in [0.2, 0.25) is 0 Å². The normalized spacial score (nSPS) is 11.9. The van der Waals surface area contributed by atoms with E-state index in [1.165, 1.54) is 0 Å². The molecule has 106 valence electrons. The van der Waals surface area contributed by atoms with E-state index in [4.69, 9.17) is 9.26 Å². The summed E-state index contributed by atoms with van der Waals surface area (Å²) in [5, 5.41) is 6.42. The number of anilines is 1. The van der Waals surface area contributed by atoms with Crippen molar-refractivity contribution in [2.24, 2.45) is 0 Å². The van der Waals surface area contributed by atoms with Crippen molar-refractivity contribution in [2.45, 2.75) is 33.3 Å². The highest BCUT2D eigenvalue weighted by Crippen LogP contribution is 2.19. The van der Waals surface area contributed by atoms with Gasteiger partial charge in [-0.1, -0.05) is 30.3 Å². The van der Waals surface area contributed by atoms with Gasteiger partial charge < -0.3 is 14.6 Å². The molecule has 2 aromatic rings. The van der Waals surface area contributed by atoms with Crippen LogP contribution >= 0.6 is 0 Å². The number of ether oxygens (including phenoxy) is 1. The van der Waals surface area contributed by atoms with Gasteiger partial charge in [0.15, 0.2) is 11.9 Å². The molecule has 1 N–H and O–H groups in total. The number of amides is 1. The Morgan fingerprint density at radius 3 is 2.75 bits per heavy atom. The topological polar surface area (TPSA) is 64.4 Å². The number of rotatable bonds is 5. The molecule has 1 aromatic carbocycles. The average molecular weight is 274 g/mol. The second kappa shape index (κ2) is 6.23. The van der Waals surface area contributed by atoms with Gasteiger partial charge >= 0.3 is 0 Å². The molecule has 1 aromatic heterocycles. The highest BCUT2D eigenvalue weighted by atomic mass is 16.5. The summed E-state index contributed by atoms with van der Waals surface area (Å²) in [7, 11) is 0. The highest BCUT2D eigenvalue weighted by molar-refractivity contribution is 5.93. The first kappa shape index (κ1) is 14.1. The smallest absolute Gasteiger partial charge is 0.266 e. The zero-order valence-electron chi connectivity index (χ0n) is 11.8. The molecule has 5 heteroatoms. The molecular weight excluding hydrogens is 256 g/mol. The molecule has 0 aliphatic carbocycles. The lowest BCUT2D eigenvalue weighted by atomic mass is 10.2. The van der Waals surface area contributed by atoms with Crippen LogP contribution in [0.5, 0.6) is 5.75 Å². The summed E-state index contributed by atoms with van der Waals surface area (Å²) in [6, 6.07) is 9.28. The standard InChI is InChI=1S/C15H18N2O3/c1-4-12(19-13-8-6-5-7-10(13)2)15(18)16-14-9-11(3)20-17-14/h5-9,12H,4H2,1-3H3,(H,16,17,18)/t12-/m0/s1. The van der Waals surface area contributed by atoms with Crippen molar-refractivity contribution in [3.63, 3.8) is 0 Å². The Bertz CT molecular complexity index is 592. The molecule has 5 nitrogen and oxygen atoms in total. The zero-order valence-corrected chi connectivity index (χ0v) is 11.8. The van der Waals surface area contributed by atoms with E-state index in [0.717, 1.165) is 5.56 Å². The number of carbonyl (C=O) groups is 1. The third-order valence-electron chi connectivity index (χ3n) is 2.91. The second-order valence-electron chi connectivity index (χ2n) is 4.59. The van der Waals surface area contributed by atoms with Crippen LogP contribution < -0.4 is 10.1 Å². The van der Waals surface area contributed by atoms with Crippen molar-refractivity contribution in [3.05, 3.63) is 41.7 Å². The van der Waals surface area contributed by atoms with Crippen molar-refractivity contribution in [1.29, 1.82) is 0 Å². The fourth-order valence-electron chi connectivity index (χ4n) is 1.80. The van der Waals surface area contributed by atoms with Crippen molar-refractivity contribution in [2.75, 3.05) is 5.32 Å². The number of carbonyl (C=O) groups excluding carboxylic acids is 1. The molecular formula is C15H18N2O3. The van der Waals surface area contributed by atoms with Gasteiger partial charge in [0, 0.05) is 6.07 Å². The third kappa shape index (κ3) is 3.38. The van der Waals surface area contributed by atoms with E-state index in [2.05, 4.69) is 10.5 Å². The fourth-order valence-corrected chi connectivity index (χ4v) is 1.80. The summed E-state index contributed by atoms with van der Waals surface area (Å²) in [5.74, 6) is 1.53. The van der Waals surface area contributed by atoms with Gasteiger partial charge in [-0.3, -0.25) is 4.79 Å². The number of benzene rings is 1. The molecule has 0 bridgehead atoms. The number of aryl methyl sites for hydroxylation is 2. The highest BCUT2D eigenvalue weighted by Gasteiger charge is 2.20. The van der Waals surface area contributed by atoms with E-state index in [-0.39, 0.29) is 5.91 Å². The molecule has 0 saturated heterocycles. The zero-order chi connectivity index (χ0) is 14.5. The molecule has 0 aliphatic heterocycles. The molecule has 0 saturated carbocycles. The van der Waals surface area contributed by atoms with Crippen LogP contribution in [-0.4, -0.2) is 17.2 Å². The Morgan fingerprint density at radius 1 is 1.40 bits per heavy atom. The monoisotopic (exact) mass is 274 g/mol. The lowest BCUT2D eigenvalue weighted by Gasteiger charge is -2.17. The molecule has 1 heterocycles. The largest absolute Gasteiger partial charge is 0.480 e. The average Bonchev–Trinajstić information content (AvgIpc) is 2.83. The number of aromatic nitrogens is 1. The van der Waals surface area contributed by atoms with Gasteiger partial charge in [0.1, 0.15) is 11.5 Å². The van der Waals surface area contributed by atoms with E-state index in [1.54, 1.807) is 13.0 Å². The van der Waals surface area contributed by atoms with Crippen LogP contribution in [0.1, 0.15) is 24.7 Å². The molecule has 0 aliphatic rings. The molecule has 0 unspecified atom stereocenters. The minimum Gasteiger partial charge on any atom is -0.480 e. The summed E-state index contributed by atoms with van der Waals surface area (Å²) < 4.78 is 10.7. The van der Waals surface area contributed by atoms with Crippen LogP contribution in [0.15, 0.2) is 34.9 Å². The van der Waals surface area contributed by atoms with Crippen LogP contribution in [-0.2, 0) is 4.79 Å². The lowest BCUT2D eigenvalue weighted by molar-refractivity contribution is -0.122. The van der Waals surface area contributed by atoms with Gasteiger partial charge in [-0.15, -0.1) is 0 Å². The predicted molar refractivity (Wildman–Crippen MR) is 75.8 cm³/mol. The van der Waals surface area contributed by atoms with Crippen molar-refractivity contribution in [3.8, 4) is 5.75 Å². The molecule has 0 fully saturated rings. The number of nitrogens with one attached hydrogen (secondary N) is 1. The Balaban J connectivity index is 2.04. The van der Waals surface area contributed by atoms with Gasteiger partial charge in [0.05, 0.1) is 0 Å². The Kier molecular flexibility index (Phi) is 4.40. The SMILES string of the molecule is CC[C@H](Oc1ccccc1C)C(=O)Nc1cc(C)on1. The number of para-hydroxylation sites is 1. The molecule has 1 atom stereocenters. The van der Waals surface area contributed by atoms with Crippen LogP contribution in [0, 0.1) is 13.8 Å². The molecule has 0 spiro atoms. The van der Waals surface area contributed by atoms with E-state index in [1.807, 2.05) is 38.1 Å². The number of hydrogen-bond acceptors (Lipinski definition) is 4. The van der Waals surface area contributed by atoms with E-state index in [0.29, 0.717) is 23.7 Å². The van der Waals surface area contributed by atoms with E-state index < -0.39 is 6.10 Å². The van der Waals surface area contributed by atoms with Gasteiger partial charge in [0.2, 0.25) is 0 Å². The first-order valence-corrected chi connectivity index (χ1v) is 6.56. The number of hydrogen-bond donors (Lipinski definition) is 1. The molecule has 2 rings (SSSR count). The fraction of sp³-hybridized carbons (Fsp3) is 0.333. The van der Waals surface area contributed by atoms with Crippen molar-refractivity contribution >= 4 is 11.7 Å². The first-order valence-electron chi connectivity index (χ1n) is 6.56. The van der Waals surface area contributed by atoms with Crippen LogP contribution in [0.4, 0.5) is 5.82 Å². The maximum absolute atomic E-state index is 12.2. The van der Waals surface area contributed by atoms with Gasteiger partial charge in [-0.25, -0.2) is 0 Å². The minimum absolute atomic E-state index is 0.232. The van der Waals surface area contributed by atoms with Crippen LogP contribution in [0.3, 0.4) is 0 Å². The number of nitrogens with zero attached hydrogens (tertiary/aromatic N) is 1. The van der Waals surface area contributed by atoms with Gasteiger partial charge in [-0.2, -0.15) is 0 Å². The van der Waals surface area contributed by atoms with E-state index >= 15 is 0 Å². The third-order valence-corrected chi connectivity index (χ3v) is 2.91. The van der Waals surface area contributed by atoms with Crippen molar-refractivity contribution in [1.82, 2.24) is 5.16 Å². The predicted octanol–water partition coefficient (Wildman–Crippen LogP) is 3.09. The molecule has 1 amide bonds. The van der Waals surface area contributed by atoms with Crippen LogP contribution in [0.25, 0.3) is 0 Å². The second-order valence-corrected chi connectivity index (χ2v) is 4.59. The van der Waals surface area contributed by atoms with E-state index in [9.17, 15) is 4.79 Å². The van der Waals surface area contributed by atoms with Gasteiger partial charge in [0.25, 0.3) is 5.91 Å². The quantitative estimate of drug-likeness (QED) is 0.910. The summed E-state index contributed by atoms with van der Waals surface area (Å²) in [6.07, 6.45) is 0.00453. The summed E-state index contributed by atoms with van der Waals surface area (Å²) in [5.41, 5.74) is 0.996. The summed E-state index contributed by atoms with van der Waals surface area (Å²) in [6.45, 7) is 5.61. The summed E-state index contributed by atoms with van der Waals surface area (Å²) >= 11 is 0. The lowest BCUT2D eigenvalue weighted by Crippen LogP contribution is -2.32.